The second-order valence-electron chi connectivity index (χ2n) is 9.94. The molecule has 3 atom stereocenters. The fourth-order valence-electron chi connectivity index (χ4n) is 5.15. The van der Waals surface area contributed by atoms with E-state index in [0.29, 0.717) is 30.5 Å². The lowest BCUT2D eigenvalue weighted by Crippen LogP contribution is -2.37. The zero-order valence-corrected chi connectivity index (χ0v) is 22.5. The third-order valence-electron chi connectivity index (χ3n) is 7.35. The Hall–Kier alpha value is -3.37. The van der Waals surface area contributed by atoms with Crippen molar-refractivity contribution >= 4 is 21.4 Å². The smallest absolute Gasteiger partial charge is 0.391 e. The van der Waals surface area contributed by atoms with Crippen molar-refractivity contribution < 1.29 is 31.5 Å². The van der Waals surface area contributed by atoms with Gasteiger partial charge in [-0.1, -0.05) is 31.2 Å². The molecule has 1 saturated heterocycles. The lowest BCUT2D eigenvalue weighted by Gasteiger charge is -2.29. The Bertz CT molecular complexity index is 1440. The van der Waals surface area contributed by atoms with Crippen LogP contribution in [0.2, 0.25) is 0 Å². The molecule has 3 aromatic carbocycles. The summed E-state index contributed by atoms with van der Waals surface area (Å²) < 4.78 is 63.3. The number of anilines is 1. The van der Waals surface area contributed by atoms with Crippen LogP contribution < -0.4 is 10.6 Å². The number of halogens is 3. The van der Waals surface area contributed by atoms with E-state index in [9.17, 15) is 31.5 Å². The highest BCUT2D eigenvalue weighted by atomic mass is 32.2. The summed E-state index contributed by atoms with van der Waals surface area (Å²) in [6, 6.07) is 16.5. The van der Waals surface area contributed by atoms with Gasteiger partial charge in [-0.05, 0) is 78.9 Å². The number of nitrogens with two attached hydrogens (primary N) is 1. The molecule has 0 spiro atoms. The average molecular weight is 561 g/mol. The fraction of sp³-hybridized carbons (Fsp3) is 0.345. The number of carbonyl (C=O) groups excluding carboxylic acids is 1. The number of primary amides is 1. The van der Waals surface area contributed by atoms with E-state index in [4.69, 9.17) is 5.73 Å². The van der Waals surface area contributed by atoms with Crippen molar-refractivity contribution in [3.8, 4) is 0 Å². The Kier molecular flexibility index (Phi) is 8.09. The minimum Gasteiger partial charge on any atom is -0.391 e. The molecule has 1 amide bonds. The van der Waals surface area contributed by atoms with Crippen molar-refractivity contribution in [2.45, 2.75) is 55.8 Å². The van der Waals surface area contributed by atoms with Gasteiger partial charge in [0.2, 0.25) is 5.91 Å². The van der Waals surface area contributed by atoms with Gasteiger partial charge in [-0.3, -0.25) is 4.79 Å². The van der Waals surface area contributed by atoms with E-state index in [1.807, 2.05) is 11.0 Å². The van der Waals surface area contributed by atoms with Crippen molar-refractivity contribution in [1.29, 1.82) is 0 Å². The van der Waals surface area contributed by atoms with Crippen LogP contribution in [0.15, 0.2) is 71.6 Å². The summed E-state index contributed by atoms with van der Waals surface area (Å²) in [4.78, 5) is 14.4. The number of aliphatic hydroxyl groups is 1. The van der Waals surface area contributed by atoms with Crippen molar-refractivity contribution in [3.63, 3.8) is 0 Å². The van der Waals surface area contributed by atoms with E-state index in [2.05, 4.69) is 0 Å². The maximum absolute atomic E-state index is 13.0. The van der Waals surface area contributed by atoms with Gasteiger partial charge in [0.05, 0.1) is 28.4 Å². The van der Waals surface area contributed by atoms with E-state index >= 15 is 0 Å². The van der Waals surface area contributed by atoms with Crippen LogP contribution in [-0.4, -0.2) is 43.9 Å². The van der Waals surface area contributed by atoms with Crippen LogP contribution >= 0.6 is 0 Å². The second kappa shape index (κ2) is 11.0. The van der Waals surface area contributed by atoms with Crippen LogP contribution in [0.3, 0.4) is 0 Å². The SMILES string of the molecule is CCS(=O)(=O)c1ccc(Cc2cc(N3CC(c4ccc(C(F)(F)F)cc4)C[C@H]3[C@H](C)O)ccc2C(N)=O)cc1. The minimum atomic E-state index is -4.41. The zero-order chi connectivity index (χ0) is 28.5. The topological polar surface area (TPSA) is 101 Å². The molecule has 1 aliphatic heterocycles. The van der Waals surface area contributed by atoms with E-state index in [0.717, 1.165) is 28.9 Å². The first-order valence-electron chi connectivity index (χ1n) is 12.7. The van der Waals surface area contributed by atoms with Crippen LogP contribution in [-0.2, 0) is 22.4 Å². The minimum absolute atomic E-state index is 0.00599. The molecule has 3 N–H and O–H groups in total. The van der Waals surface area contributed by atoms with Gasteiger partial charge in [-0.25, -0.2) is 8.42 Å². The van der Waals surface area contributed by atoms with Gasteiger partial charge < -0.3 is 15.7 Å². The summed E-state index contributed by atoms with van der Waals surface area (Å²) in [6.45, 7) is 3.73. The van der Waals surface area contributed by atoms with Crippen LogP contribution in [0.5, 0.6) is 0 Å². The monoisotopic (exact) mass is 560 g/mol. The number of hydrogen-bond donors (Lipinski definition) is 2. The van der Waals surface area contributed by atoms with E-state index in [1.54, 1.807) is 50.2 Å². The first kappa shape index (κ1) is 28.6. The molecule has 0 bridgehead atoms. The molecule has 0 aromatic heterocycles. The molecule has 208 valence electrons. The molecule has 10 heteroatoms. The van der Waals surface area contributed by atoms with Gasteiger partial charge >= 0.3 is 6.18 Å². The molecule has 6 nitrogen and oxygen atoms in total. The van der Waals surface area contributed by atoms with Gasteiger partial charge in [0.1, 0.15) is 0 Å². The predicted octanol–water partition coefficient (Wildman–Crippen LogP) is 4.93. The second-order valence-corrected chi connectivity index (χ2v) is 12.2. The predicted molar refractivity (Wildman–Crippen MR) is 144 cm³/mol. The Morgan fingerprint density at radius 1 is 1.08 bits per heavy atom. The number of benzene rings is 3. The Balaban J connectivity index is 1.63. The molecular weight excluding hydrogens is 529 g/mol. The number of carbonyl (C=O) groups is 1. The highest BCUT2D eigenvalue weighted by molar-refractivity contribution is 7.91. The summed E-state index contributed by atoms with van der Waals surface area (Å²) in [5.74, 6) is -0.703. The largest absolute Gasteiger partial charge is 0.416 e. The van der Waals surface area contributed by atoms with Crippen molar-refractivity contribution in [2.75, 3.05) is 17.2 Å². The number of sulfone groups is 1. The molecule has 0 radical (unpaired) electrons. The van der Waals surface area contributed by atoms with Gasteiger partial charge in [0.25, 0.3) is 0 Å². The quantitative estimate of drug-likeness (QED) is 0.407. The molecule has 1 aliphatic rings. The summed E-state index contributed by atoms with van der Waals surface area (Å²) in [7, 11) is -3.34. The molecule has 4 rings (SSSR count). The zero-order valence-electron chi connectivity index (χ0n) is 21.6. The van der Waals surface area contributed by atoms with Crippen LogP contribution in [0, 0.1) is 0 Å². The highest BCUT2D eigenvalue weighted by Gasteiger charge is 2.37. The number of nitrogens with zero attached hydrogens (tertiary/aromatic N) is 1. The summed E-state index contributed by atoms with van der Waals surface area (Å²) >= 11 is 0. The first-order valence-corrected chi connectivity index (χ1v) is 14.3. The van der Waals surface area contributed by atoms with Crippen LogP contribution in [0.1, 0.15) is 58.8 Å². The molecule has 0 aliphatic carbocycles. The standard InChI is InChI=1S/C29H31F3N2O4S/c1-3-39(37,38)25-11-4-19(5-12-25)14-21-15-24(10-13-26(21)28(33)36)34-17-22(16-27(34)18(2)35)20-6-8-23(9-7-20)29(30,31)32/h4-13,15,18,22,27,35H,3,14,16-17H2,1-2H3,(H2,33,36)/t18-,22?,27-/m0/s1. The van der Waals surface area contributed by atoms with Crippen molar-refractivity contribution in [3.05, 3.63) is 94.5 Å². The Morgan fingerprint density at radius 3 is 2.26 bits per heavy atom. The number of alkyl halides is 3. The number of amides is 1. The first-order chi connectivity index (χ1) is 18.3. The van der Waals surface area contributed by atoms with Crippen molar-refractivity contribution in [1.82, 2.24) is 0 Å². The Labute approximate surface area is 226 Å². The summed E-state index contributed by atoms with van der Waals surface area (Å²) in [5, 5.41) is 10.5. The Morgan fingerprint density at radius 2 is 1.72 bits per heavy atom. The highest BCUT2D eigenvalue weighted by Crippen LogP contribution is 2.38. The van der Waals surface area contributed by atoms with Crippen molar-refractivity contribution in [2.24, 2.45) is 5.73 Å². The maximum atomic E-state index is 13.0. The normalized spacial score (nSPS) is 18.8. The van der Waals surface area contributed by atoms with Gasteiger partial charge in [-0.15, -0.1) is 0 Å². The third kappa shape index (κ3) is 6.28. The number of aliphatic hydroxyl groups excluding tert-OH is 1. The van der Waals surface area contributed by atoms with Gasteiger partial charge in [0.15, 0.2) is 9.84 Å². The van der Waals surface area contributed by atoms with Gasteiger partial charge in [0, 0.05) is 23.7 Å². The lowest BCUT2D eigenvalue weighted by molar-refractivity contribution is -0.137. The molecular formula is C29H31F3N2O4S. The molecule has 1 fully saturated rings. The van der Waals surface area contributed by atoms with Crippen LogP contribution in [0.25, 0.3) is 0 Å². The van der Waals surface area contributed by atoms with E-state index in [1.165, 1.54) is 12.1 Å². The molecule has 39 heavy (non-hydrogen) atoms. The molecule has 3 aromatic rings. The maximum Gasteiger partial charge on any atom is 0.416 e. The number of rotatable bonds is 8. The summed E-state index contributed by atoms with van der Waals surface area (Å²) in [5.41, 5.74) is 8.20. The lowest BCUT2D eigenvalue weighted by atomic mass is 9.94. The van der Waals surface area contributed by atoms with Crippen LogP contribution in [0.4, 0.5) is 18.9 Å². The molecule has 1 unspecified atom stereocenters. The average Bonchev–Trinajstić information content (AvgIpc) is 3.34. The van der Waals surface area contributed by atoms with Gasteiger partial charge in [-0.2, -0.15) is 13.2 Å². The molecule has 1 heterocycles. The fourth-order valence-corrected chi connectivity index (χ4v) is 6.04. The number of hydrogen-bond acceptors (Lipinski definition) is 5. The van der Waals surface area contributed by atoms with E-state index < -0.39 is 33.6 Å². The molecule has 0 saturated carbocycles. The third-order valence-corrected chi connectivity index (χ3v) is 9.10. The van der Waals surface area contributed by atoms with E-state index in [-0.39, 0.29) is 22.6 Å². The summed E-state index contributed by atoms with van der Waals surface area (Å²) in [6.07, 6.45) is -4.25.